The molecule has 0 fully saturated rings. The second kappa shape index (κ2) is 10.5. The Morgan fingerprint density at radius 2 is 1.91 bits per heavy atom. The largest absolute Gasteiger partial charge is 0.493 e. The normalized spacial score (nSPS) is 11.1. The van der Waals surface area contributed by atoms with E-state index in [2.05, 4.69) is 10.5 Å². The number of amides is 1. The van der Waals surface area contributed by atoms with E-state index in [0.717, 1.165) is 5.56 Å². The SMILES string of the molecule is COc1cc(/C=N/NC(=O)c2cc3cc(Cl)ccc3o2)cc(Cl)c1OCc1ccc([N+](=O)[O-])cc1. The first-order chi connectivity index (χ1) is 16.8. The van der Waals surface area contributed by atoms with Crippen LogP contribution in [0.3, 0.4) is 0 Å². The Labute approximate surface area is 209 Å². The van der Waals surface area contributed by atoms with Crippen molar-refractivity contribution < 1.29 is 23.6 Å². The molecule has 35 heavy (non-hydrogen) atoms. The number of nitro benzene ring substituents is 1. The van der Waals surface area contributed by atoms with Gasteiger partial charge in [-0.15, -0.1) is 0 Å². The van der Waals surface area contributed by atoms with Gasteiger partial charge < -0.3 is 13.9 Å². The van der Waals surface area contributed by atoms with Crippen LogP contribution in [-0.4, -0.2) is 24.2 Å². The van der Waals surface area contributed by atoms with E-state index in [-0.39, 0.29) is 23.1 Å². The van der Waals surface area contributed by atoms with E-state index < -0.39 is 10.8 Å². The highest BCUT2D eigenvalue weighted by Gasteiger charge is 2.14. The molecule has 0 aliphatic rings. The molecule has 4 aromatic rings. The average molecular weight is 514 g/mol. The van der Waals surface area contributed by atoms with Gasteiger partial charge in [0.25, 0.3) is 5.69 Å². The van der Waals surface area contributed by atoms with E-state index in [9.17, 15) is 14.9 Å². The van der Waals surface area contributed by atoms with Crippen LogP contribution in [-0.2, 0) is 6.61 Å². The Balaban J connectivity index is 1.42. The number of nitrogens with zero attached hydrogens (tertiary/aromatic N) is 2. The van der Waals surface area contributed by atoms with Crippen molar-refractivity contribution in [3.05, 3.63) is 97.7 Å². The number of hydrogen-bond acceptors (Lipinski definition) is 7. The van der Waals surface area contributed by atoms with E-state index in [1.807, 2.05) is 0 Å². The average Bonchev–Trinajstić information content (AvgIpc) is 3.26. The van der Waals surface area contributed by atoms with Crippen molar-refractivity contribution in [2.24, 2.45) is 5.10 Å². The van der Waals surface area contributed by atoms with Gasteiger partial charge in [-0.1, -0.05) is 23.2 Å². The molecule has 4 rings (SSSR count). The van der Waals surface area contributed by atoms with Crippen LogP contribution in [0.5, 0.6) is 11.5 Å². The lowest BCUT2D eigenvalue weighted by Crippen LogP contribution is -2.16. The lowest BCUT2D eigenvalue weighted by Gasteiger charge is -2.13. The molecule has 178 valence electrons. The zero-order valence-electron chi connectivity index (χ0n) is 18.2. The van der Waals surface area contributed by atoms with Crippen LogP contribution in [0, 0.1) is 10.1 Å². The molecule has 3 aromatic carbocycles. The van der Waals surface area contributed by atoms with Crippen LogP contribution < -0.4 is 14.9 Å². The zero-order chi connectivity index (χ0) is 24.9. The summed E-state index contributed by atoms with van der Waals surface area (Å²) < 4.78 is 16.7. The van der Waals surface area contributed by atoms with Gasteiger partial charge in [0.15, 0.2) is 17.3 Å². The molecule has 0 radical (unpaired) electrons. The summed E-state index contributed by atoms with van der Waals surface area (Å²) in [5, 5.41) is 16.2. The molecule has 11 heteroatoms. The van der Waals surface area contributed by atoms with E-state index >= 15 is 0 Å². The molecule has 0 aliphatic heterocycles. The van der Waals surface area contributed by atoms with Crippen molar-refractivity contribution >= 4 is 52.0 Å². The number of nitrogens with one attached hydrogen (secondary N) is 1. The number of carbonyl (C=O) groups is 1. The highest BCUT2D eigenvalue weighted by Crippen LogP contribution is 2.36. The van der Waals surface area contributed by atoms with Crippen LogP contribution in [0.2, 0.25) is 10.0 Å². The molecule has 1 heterocycles. The fourth-order valence-corrected chi connectivity index (χ4v) is 3.62. The third-order valence-corrected chi connectivity index (χ3v) is 5.38. The predicted octanol–water partition coefficient (Wildman–Crippen LogP) is 6.00. The summed E-state index contributed by atoms with van der Waals surface area (Å²) in [6, 6.07) is 15.8. The summed E-state index contributed by atoms with van der Waals surface area (Å²) >= 11 is 12.3. The van der Waals surface area contributed by atoms with E-state index in [1.54, 1.807) is 48.5 Å². The topological polar surface area (TPSA) is 116 Å². The second-order valence-corrected chi connectivity index (χ2v) is 8.08. The Morgan fingerprint density at radius 1 is 1.14 bits per heavy atom. The van der Waals surface area contributed by atoms with E-state index in [0.29, 0.717) is 33.1 Å². The molecule has 0 spiro atoms. The smallest absolute Gasteiger partial charge is 0.307 e. The van der Waals surface area contributed by atoms with Gasteiger partial charge in [-0.2, -0.15) is 5.10 Å². The van der Waals surface area contributed by atoms with Crippen molar-refractivity contribution in [1.29, 1.82) is 0 Å². The fraction of sp³-hybridized carbons (Fsp3) is 0.0833. The molecular weight excluding hydrogens is 497 g/mol. The number of fused-ring (bicyclic) bond motifs is 1. The number of nitro groups is 1. The first-order valence-corrected chi connectivity index (χ1v) is 10.9. The minimum absolute atomic E-state index is 0.00943. The fourth-order valence-electron chi connectivity index (χ4n) is 3.17. The van der Waals surface area contributed by atoms with Gasteiger partial charge in [0.2, 0.25) is 0 Å². The number of furan rings is 1. The Morgan fingerprint density at radius 3 is 2.63 bits per heavy atom. The van der Waals surface area contributed by atoms with Crippen LogP contribution in [0.4, 0.5) is 5.69 Å². The summed E-state index contributed by atoms with van der Waals surface area (Å²) in [5.41, 5.74) is 4.18. The number of non-ortho nitro benzene ring substituents is 1. The summed E-state index contributed by atoms with van der Waals surface area (Å²) in [6.07, 6.45) is 1.39. The number of benzene rings is 3. The number of hydrazone groups is 1. The molecule has 1 N–H and O–H groups in total. The number of carbonyl (C=O) groups excluding carboxylic acids is 1. The number of rotatable bonds is 8. The van der Waals surface area contributed by atoms with Gasteiger partial charge in [-0.3, -0.25) is 14.9 Å². The summed E-state index contributed by atoms with van der Waals surface area (Å²) in [6.45, 7) is 0.125. The molecular formula is C24H17Cl2N3O6. The molecule has 9 nitrogen and oxygen atoms in total. The third-order valence-electron chi connectivity index (χ3n) is 4.86. The summed E-state index contributed by atoms with van der Waals surface area (Å²) in [5.74, 6) is 0.204. The number of ether oxygens (including phenoxy) is 2. The standard InChI is InChI=1S/C24H17Cl2N3O6/c1-33-21-9-15(8-19(26)23(21)34-13-14-2-5-18(6-3-14)29(31)32)12-27-28-24(30)22-11-16-10-17(25)4-7-20(16)35-22/h2-12H,13H2,1H3,(H,28,30)/b27-12+. The molecule has 0 atom stereocenters. The van der Waals surface area contributed by atoms with Gasteiger partial charge in [0.05, 0.1) is 23.3 Å². The quantitative estimate of drug-likeness (QED) is 0.175. The van der Waals surface area contributed by atoms with Crippen molar-refractivity contribution in [3.63, 3.8) is 0 Å². The van der Waals surface area contributed by atoms with Gasteiger partial charge in [-0.25, -0.2) is 5.43 Å². The summed E-state index contributed by atoms with van der Waals surface area (Å²) in [7, 11) is 1.46. The molecule has 0 saturated heterocycles. The predicted molar refractivity (Wildman–Crippen MR) is 132 cm³/mol. The van der Waals surface area contributed by atoms with Crippen molar-refractivity contribution in [2.45, 2.75) is 6.61 Å². The number of halogens is 2. The van der Waals surface area contributed by atoms with Gasteiger partial charge in [0.1, 0.15) is 12.2 Å². The first-order valence-electron chi connectivity index (χ1n) is 10.1. The van der Waals surface area contributed by atoms with Gasteiger partial charge >= 0.3 is 5.91 Å². The van der Waals surface area contributed by atoms with Gasteiger partial charge in [0, 0.05) is 22.5 Å². The van der Waals surface area contributed by atoms with Gasteiger partial charge in [-0.05, 0) is 59.7 Å². The summed E-state index contributed by atoms with van der Waals surface area (Å²) in [4.78, 5) is 22.7. The zero-order valence-corrected chi connectivity index (χ0v) is 19.7. The second-order valence-electron chi connectivity index (χ2n) is 7.24. The van der Waals surface area contributed by atoms with E-state index in [4.69, 9.17) is 37.1 Å². The van der Waals surface area contributed by atoms with Crippen molar-refractivity contribution in [3.8, 4) is 11.5 Å². The Kier molecular flexibility index (Phi) is 7.19. The van der Waals surface area contributed by atoms with Crippen LogP contribution in [0.25, 0.3) is 11.0 Å². The Bertz CT molecular complexity index is 1430. The van der Waals surface area contributed by atoms with Crippen molar-refractivity contribution in [2.75, 3.05) is 7.11 Å². The van der Waals surface area contributed by atoms with E-state index in [1.165, 1.54) is 25.5 Å². The minimum atomic E-state index is -0.533. The molecule has 0 unspecified atom stereocenters. The maximum atomic E-state index is 12.4. The minimum Gasteiger partial charge on any atom is -0.493 e. The number of methoxy groups -OCH3 is 1. The third kappa shape index (κ3) is 5.71. The van der Waals surface area contributed by atoms with Crippen LogP contribution in [0.15, 0.2) is 70.2 Å². The monoisotopic (exact) mass is 513 g/mol. The van der Waals surface area contributed by atoms with Crippen LogP contribution in [0.1, 0.15) is 21.7 Å². The maximum absolute atomic E-state index is 12.4. The molecule has 0 aliphatic carbocycles. The maximum Gasteiger partial charge on any atom is 0.307 e. The highest BCUT2D eigenvalue weighted by molar-refractivity contribution is 6.32. The van der Waals surface area contributed by atoms with Crippen molar-refractivity contribution in [1.82, 2.24) is 5.43 Å². The number of hydrogen-bond donors (Lipinski definition) is 1. The molecule has 0 bridgehead atoms. The highest BCUT2D eigenvalue weighted by atomic mass is 35.5. The molecule has 0 saturated carbocycles. The lowest BCUT2D eigenvalue weighted by molar-refractivity contribution is -0.384. The lowest BCUT2D eigenvalue weighted by atomic mass is 10.2. The first kappa shape index (κ1) is 24.1. The molecule has 1 aromatic heterocycles. The molecule has 1 amide bonds. The Hall–Kier alpha value is -4.08. The van der Waals surface area contributed by atoms with Crippen LogP contribution >= 0.6 is 23.2 Å².